The van der Waals surface area contributed by atoms with Crippen molar-refractivity contribution in [3.8, 4) is 16.9 Å². The molecule has 2 aromatic carbocycles. The molecule has 0 amide bonds. The number of sulfone groups is 1. The minimum absolute atomic E-state index is 0.300. The van der Waals surface area contributed by atoms with Crippen molar-refractivity contribution in [3.05, 3.63) is 60.4 Å². The summed E-state index contributed by atoms with van der Waals surface area (Å²) in [5.41, 5.74) is 5.21. The number of fused-ring (bicyclic) bond motifs is 1. The Labute approximate surface area is 170 Å². The van der Waals surface area contributed by atoms with Crippen molar-refractivity contribution < 1.29 is 13.1 Å². The predicted molar refractivity (Wildman–Crippen MR) is 114 cm³/mol. The van der Waals surface area contributed by atoms with Crippen molar-refractivity contribution in [1.82, 2.24) is 14.9 Å². The van der Waals surface area contributed by atoms with Gasteiger partial charge in [0.15, 0.2) is 15.9 Å². The van der Waals surface area contributed by atoms with Gasteiger partial charge in [-0.15, -0.1) is 4.68 Å². The summed E-state index contributed by atoms with van der Waals surface area (Å²) in [5, 5.41) is 9.21. The molecule has 150 valence electrons. The molecule has 6 nitrogen and oxygen atoms in total. The Kier molecular flexibility index (Phi) is 4.78. The van der Waals surface area contributed by atoms with Crippen LogP contribution in [0.4, 0.5) is 0 Å². The van der Waals surface area contributed by atoms with Crippen LogP contribution in [0.3, 0.4) is 0 Å². The molecular formula is C22H25N4O2S+. The minimum atomic E-state index is -3.22. The average molecular weight is 410 g/mol. The predicted octanol–water partition coefficient (Wildman–Crippen LogP) is 3.85. The standard InChI is InChI=1S/C22H24N4O2S/c1-5-20-19-11-6-16(14-22(19)25(24-20)15(2)3)21-12-13-23-26(21)17-7-9-18(10-8-17)29(4,27)28/h6-15H,5H2,1-4H3/p+1. The van der Waals surface area contributed by atoms with Gasteiger partial charge in [-0.3, -0.25) is 0 Å². The van der Waals surface area contributed by atoms with Gasteiger partial charge in [0.1, 0.15) is 0 Å². The first kappa shape index (κ1) is 19.4. The molecule has 0 saturated heterocycles. The van der Waals surface area contributed by atoms with Crippen molar-refractivity contribution in [2.45, 2.75) is 38.1 Å². The van der Waals surface area contributed by atoms with Crippen molar-refractivity contribution in [2.24, 2.45) is 0 Å². The number of rotatable bonds is 5. The summed E-state index contributed by atoms with van der Waals surface area (Å²) < 4.78 is 27.5. The molecule has 0 fully saturated rings. The van der Waals surface area contributed by atoms with Crippen LogP contribution in [0.5, 0.6) is 0 Å². The van der Waals surface area contributed by atoms with E-state index >= 15 is 0 Å². The van der Waals surface area contributed by atoms with E-state index in [2.05, 4.69) is 53.8 Å². The fourth-order valence-corrected chi connectivity index (χ4v) is 4.28. The molecule has 0 aliphatic rings. The highest BCUT2D eigenvalue weighted by Gasteiger charge is 2.21. The molecule has 4 rings (SSSR count). The largest absolute Gasteiger partial charge is 0.239 e. The van der Waals surface area contributed by atoms with Crippen LogP contribution in [-0.4, -0.2) is 29.6 Å². The third kappa shape index (κ3) is 3.46. The maximum Gasteiger partial charge on any atom is 0.239 e. The van der Waals surface area contributed by atoms with E-state index in [-0.39, 0.29) is 0 Å². The molecule has 4 aromatic rings. The van der Waals surface area contributed by atoms with Crippen molar-refractivity contribution in [3.63, 3.8) is 0 Å². The van der Waals surface area contributed by atoms with Gasteiger partial charge in [-0.1, -0.05) is 13.0 Å². The molecule has 0 radical (unpaired) electrons. The molecule has 1 N–H and O–H groups in total. The summed E-state index contributed by atoms with van der Waals surface area (Å²) in [4.78, 5) is 0.300. The lowest BCUT2D eigenvalue weighted by molar-refractivity contribution is -0.745. The Bertz CT molecular complexity index is 1280. The van der Waals surface area contributed by atoms with Gasteiger partial charge in [-0.2, -0.15) is 10.2 Å². The smallest absolute Gasteiger partial charge is 0.233 e. The molecule has 0 unspecified atom stereocenters. The van der Waals surface area contributed by atoms with Crippen molar-refractivity contribution in [2.75, 3.05) is 6.26 Å². The summed E-state index contributed by atoms with van der Waals surface area (Å²) in [6.45, 7) is 6.48. The van der Waals surface area contributed by atoms with Crippen molar-refractivity contribution >= 4 is 20.7 Å². The normalized spacial score (nSPS) is 12.2. The Morgan fingerprint density at radius 1 is 1.10 bits per heavy atom. The Balaban J connectivity index is 1.82. The van der Waals surface area contributed by atoms with Crippen molar-refractivity contribution in [1.29, 1.82) is 0 Å². The SMILES string of the molecule is CCc1[nH][n+](C(C)C)c2cc(-c3ccnn3-c3ccc(S(C)(=O)=O)cc3)ccc12. The lowest BCUT2D eigenvalue weighted by atomic mass is 10.1. The summed E-state index contributed by atoms with van der Waals surface area (Å²) in [6.07, 6.45) is 3.91. The van der Waals surface area contributed by atoms with Gasteiger partial charge in [0, 0.05) is 17.9 Å². The summed E-state index contributed by atoms with van der Waals surface area (Å²) in [7, 11) is -3.22. The van der Waals surface area contributed by atoms with Gasteiger partial charge in [-0.25, -0.2) is 13.1 Å². The van der Waals surface area contributed by atoms with E-state index in [1.54, 1.807) is 30.5 Å². The third-order valence-electron chi connectivity index (χ3n) is 5.16. The van der Waals surface area contributed by atoms with Gasteiger partial charge in [-0.05, 0) is 56.7 Å². The number of aryl methyl sites for hydroxylation is 1. The lowest BCUT2D eigenvalue weighted by Crippen LogP contribution is -2.38. The van der Waals surface area contributed by atoms with Crippen LogP contribution in [0.15, 0.2) is 59.6 Å². The summed E-state index contributed by atoms with van der Waals surface area (Å²) in [5.74, 6) is 0. The number of hydrogen-bond acceptors (Lipinski definition) is 3. The minimum Gasteiger partial charge on any atom is -0.233 e. The lowest BCUT2D eigenvalue weighted by Gasteiger charge is -2.08. The first-order valence-corrected chi connectivity index (χ1v) is 11.6. The van der Waals surface area contributed by atoms with Crippen LogP contribution in [0.25, 0.3) is 27.8 Å². The van der Waals surface area contributed by atoms with E-state index < -0.39 is 9.84 Å². The van der Waals surface area contributed by atoms with E-state index in [4.69, 9.17) is 0 Å². The maximum atomic E-state index is 11.7. The molecule has 0 atom stereocenters. The van der Waals surface area contributed by atoms with Gasteiger partial charge in [0.25, 0.3) is 0 Å². The first-order chi connectivity index (χ1) is 13.8. The van der Waals surface area contributed by atoms with Crippen LogP contribution in [-0.2, 0) is 16.3 Å². The fraction of sp³-hybridized carbons (Fsp3) is 0.273. The zero-order valence-corrected chi connectivity index (χ0v) is 17.9. The van der Waals surface area contributed by atoms with Gasteiger partial charge in [0.2, 0.25) is 5.52 Å². The van der Waals surface area contributed by atoms with Gasteiger partial charge < -0.3 is 0 Å². The number of aromatic nitrogens is 4. The monoisotopic (exact) mass is 409 g/mol. The second kappa shape index (κ2) is 7.15. The quantitative estimate of drug-likeness (QED) is 0.509. The van der Waals surface area contributed by atoms with Gasteiger partial charge in [0.05, 0.1) is 33.6 Å². The summed E-state index contributed by atoms with van der Waals surface area (Å²) in [6, 6.07) is 15.5. The zero-order valence-electron chi connectivity index (χ0n) is 17.0. The highest BCUT2D eigenvalue weighted by Crippen LogP contribution is 2.27. The van der Waals surface area contributed by atoms with E-state index in [9.17, 15) is 8.42 Å². The van der Waals surface area contributed by atoms with Crippen LogP contribution in [0.2, 0.25) is 0 Å². The molecule has 0 bridgehead atoms. The highest BCUT2D eigenvalue weighted by molar-refractivity contribution is 7.90. The molecule has 0 aliphatic carbocycles. The molecule has 2 aromatic heterocycles. The topological polar surface area (TPSA) is 71.6 Å². The number of nitrogens with one attached hydrogen (secondary N) is 1. The molecule has 0 saturated carbocycles. The second-order valence-electron chi connectivity index (χ2n) is 7.53. The fourth-order valence-electron chi connectivity index (χ4n) is 3.65. The molecule has 7 heteroatoms. The average Bonchev–Trinajstić information content (AvgIpc) is 3.31. The molecule has 0 spiro atoms. The van der Waals surface area contributed by atoms with Crippen LogP contribution in [0, 0.1) is 0 Å². The number of H-pyrrole nitrogens is 1. The number of benzene rings is 2. The highest BCUT2D eigenvalue weighted by atomic mass is 32.2. The Morgan fingerprint density at radius 3 is 2.45 bits per heavy atom. The number of hydrogen-bond donors (Lipinski definition) is 1. The Hall–Kier alpha value is -2.93. The molecule has 2 heterocycles. The Morgan fingerprint density at radius 2 is 1.83 bits per heavy atom. The second-order valence-corrected chi connectivity index (χ2v) is 9.55. The molecule has 0 aliphatic heterocycles. The van der Waals surface area contributed by atoms with E-state index in [0.717, 1.165) is 28.9 Å². The number of nitrogens with zero attached hydrogens (tertiary/aromatic N) is 3. The van der Waals surface area contributed by atoms with Crippen LogP contribution >= 0.6 is 0 Å². The van der Waals surface area contributed by atoms with E-state index in [1.165, 1.54) is 17.3 Å². The molecule has 29 heavy (non-hydrogen) atoms. The number of aromatic amines is 1. The van der Waals surface area contributed by atoms with Gasteiger partial charge >= 0.3 is 0 Å². The van der Waals surface area contributed by atoms with Crippen LogP contribution < -0.4 is 4.68 Å². The van der Waals surface area contributed by atoms with E-state index in [1.807, 2.05) is 10.7 Å². The summed E-state index contributed by atoms with van der Waals surface area (Å²) >= 11 is 0. The molecular weight excluding hydrogens is 384 g/mol. The van der Waals surface area contributed by atoms with E-state index in [0.29, 0.717) is 10.9 Å². The first-order valence-electron chi connectivity index (χ1n) is 9.70. The third-order valence-corrected chi connectivity index (χ3v) is 6.28. The van der Waals surface area contributed by atoms with Crippen LogP contribution in [0.1, 0.15) is 32.5 Å². The zero-order chi connectivity index (χ0) is 20.8. The maximum absolute atomic E-state index is 11.7.